The van der Waals surface area contributed by atoms with Gasteiger partial charge in [-0.25, -0.2) is 4.98 Å². The number of rotatable bonds is 10. The van der Waals surface area contributed by atoms with Crippen LogP contribution in [0.3, 0.4) is 0 Å². The van der Waals surface area contributed by atoms with Crippen molar-refractivity contribution in [2.24, 2.45) is 0 Å². The van der Waals surface area contributed by atoms with E-state index in [0.29, 0.717) is 19.0 Å². The van der Waals surface area contributed by atoms with Crippen molar-refractivity contribution in [3.63, 3.8) is 0 Å². The Balaban J connectivity index is 1.69. The second-order valence-corrected chi connectivity index (χ2v) is 6.98. The fourth-order valence-electron chi connectivity index (χ4n) is 3.38. The molecule has 1 aromatic heterocycles. The molecule has 3 rings (SSSR count). The lowest BCUT2D eigenvalue weighted by Crippen LogP contribution is -2.29. The highest BCUT2D eigenvalue weighted by Gasteiger charge is 2.16. The first-order valence-corrected chi connectivity index (χ1v) is 10.5. The molecule has 1 amide bonds. The number of para-hydroxylation sites is 1. The van der Waals surface area contributed by atoms with E-state index in [2.05, 4.69) is 34.4 Å². The normalized spacial score (nSPS) is 10.6. The lowest BCUT2D eigenvalue weighted by molar-refractivity contribution is 0.0954. The molecule has 0 bridgehead atoms. The molecule has 0 aliphatic carbocycles. The van der Waals surface area contributed by atoms with Crippen LogP contribution in [0.4, 0.5) is 11.8 Å². The summed E-state index contributed by atoms with van der Waals surface area (Å²) < 4.78 is 10.3. The number of aromatic nitrogens is 2. The quantitative estimate of drug-likeness (QED) is 0.414. The number of fused-ring (bicyclic) bond motifs is 1. The van der Waals surface area contributed by atoms with E-state index in [1.165, 1.54) is 26.4 Å². The molecule has 0 radical (unpaired) electrons. The van der Waals surface area contributed by atoms with Gasteiger partial charge in [0.2, 0.25) is 11.7 Å². The van der Waals surface area contributed by atoms with Crippen LogP contribution < -0.4 is 25.0 Å². The Morgan fingerprint density at radius 1 is 1.06 bits per heavy atom. The number of carbonyl (C=O) groups is 1. The molecule has 0 fully saturated rings. The second-order valence-electron chi connectivity index (χ2n) is 6.98. The van der Waals surface area contributed by atoms with Gasteiger partial charge in [-0.1, -0.05) is 12.1 Å². The number of hydrogen-bond acceptors (Lipinski definition) is 8. The number of carbonyl (C=O) groups excluding carboxylic acids is 1. The maximum Gasteiger partial charge on any atom is 0.251 e. The Bertz CT molecular complexity index is 1090. The number of amides is 1. The van der Waals surface area contributed by atoms with Crippen molar-refractivity contribution >= 4 is 28.6 Å². The van der Waals surface area contributed by atoms with E-state index in [4.69, 9.17) is 14.5 Å². The molecule has 3 aromatic rings. The van der Waals surface area contributed by atoms with E-state index in [-0.39, 0.29) is 28.7 Å². The zero-order valence-corrected chi connectivity index (χ0v) is 18.8. The Morgan fingerprint density at radius 3 is 2.50 bits per heavy atom. The number of phenols is 1. The van der Waals surface area contributed by atoms with E-state index < -0.39 is 0 Å². The van der Waals surface area contributed by atoms with Crippen molar-refractivity contribution in [1.29, 1.82) is 0 Å². The number of nitrogens with zero attached hydrogens (tertiary/aromatic N) is 3. The van der Waals surface area contributed by atoms with Gasteiger partial charge in [0.1, 0.15) is 5.82 Å². The van der Waals surface area contributed by atoms with Crippen LogP contribution in [0, 0.1) is 0 Å². The lowest BCUT2D eigenvalue weighted by atomic mass is 10.1. The molecule has 0 saturated carbocycles. The molecule has 3 N–H and O–H groups in total. The van der Waals surface area contributed by atoms with Gasteiger partial charge in [-0.15, -0.1) is 0 Å². The lowest BCUT2D eigenvalue weighted by Gasteiger charge is -2.20. The van der Waals surface area contributed by atoms with Crippen molar-refractivity contribution in [3.05, 3.63) is 42.0 Å². The van der Waals surface area contributed by atoms with E-state index in [1.807, 2.05) is 24.3 Å². The predicted octanol–water partition coefficient (Wildman–Crippen LogP) is 3.04. The highest BCUT2D eigenvalue weighted by molar-refractivity contribution is 5.95. The van der Waals surface area contributed by atoms with Crippen molar-refractivity contribution in [3.8, 4) is 17.2 Å². The molecule has 9 heteroatoms. The van der Waals surface area contributed by atoms with E-state index in [1.54, 1.807) is 0 Å². The molecule has 0 atom stereocenters. The number of aromatic hydroxyl groups is 1. The maximum atomic E-state index is 12.5. The zero-order chi connectivity index (χ0) is 23.1. The van der Waals surface area contributed by atoms with E-state index in [0.717, 1.165) is 29.8 Å². The molecule has 0 unspecified atom stereocenters. The number of hydrogen-bond donors (Lipinski definition) is 3. The van der Waals surface area contributed by atoms with Gasteiger partial charge in [0.25, 0.3) is 5.91 Å². The standard InChI is InChI=1S/C23H29N5O4/c1-5-28(6-2)23-26-17-10-8-7-9-16(17)21(27-23)24-11-12-25-22(30)15-13-18(29)20(32-4)19(14-15)31-3/h7-10,13-14,29H,5-6,11-12H2,1-4H3,(H,25,30)(H,24,26,27). The Morgan fingerprint density at radius 2 is 1.81 bits per heavy atom. The topological polar surface area (TPSA) is 109 Å². The molecule has 170 valence electrons. The Labute approximate surface area is 187 Å². The number of ether oxygens (including phenoxy) is 2. The minimum absolute atomic E-state index is 0.161. The molecule has 1 heterocycles. The molecule has 2 aromatic carbocycles. The first kappa shape index (κ1) is 22.9. The largest absolute Gasteiger partial charge is 0.504 e. The fourth-order valence-corrected chi connectivity index (χ4v) is 3.38. The summed E-state index contributed by atoms with van der Waals surface area (Å²) in [5.74, 6) is 1.36. The van der Waals surface area contributed by atoms with Crippen molar-refractivity contribution in [2.75, 3.05) is 50.6 Å². The number of benzene rings is 2. The average Bonchev–Trinajstić information content (AvgIpc) is 2.81. The molecule has 32 heavy (non-hydrogen) atoms. The highest BCUT2D eigenvalue weighted by atomic mass is 16.5. The van der Waals surface area contributed by atoms with Crippen molar-refractivity contribution < 1.29 is 19.4 Å². The van der Waals surface area contributed by atoms with Crippen LogP contribution in [-0.2, 0) is 0 Å². The first-order valence-electron chi connectivity index (χ1n) is 10.5. The van der Waals surface area contributed by atoms with Gasteiger partial charge in [0.05, 0.1) is 19.7 Å². The van der Waals surface area contributed by atoms with Crippen LogP contribution in [0.1, 0.15) is 24.2 Å². The van der Waals surface area contributed by atoms with Gasteiger partial charge < -0.3 is 30.1 Å². The molecule has 0 saturated heterocycles. The molecule has 9 nitrogen and oxygen atoms in total. The number of anilines is 2. The maximum absolute atomic E-state index is 12.5. The third kappa shape index (κ3) is 4.93. The fraction of sp³-hybridized carbons (Fsp3) is 0.348. The second kappa shape index (κ2) is 10.5. The van der Waals surface area contributed by atoms with Gasteiger partial charge in [-0.05, 0) is 38.1 Å². The van der Waals surface area contributed by atoms with Crippen molar-refractivity contribution in [1.82, 2.24) is 15.3 Å². The monoisotopic (exact) mass is 439 g/mol. The van der Waals surface area contributed by atoms with Crippen LogP contribution in [0.15, 0.2) is 36.4 Å². The van der Waals surface area contributed by atoms with Gasteiger partial charge in [-0.2, -0.15) is 4.98 Å². The summed E-state index contributed by atoms with van der Waals surface area (Å²) in [6.45, 7) is 6.56. The van der Waals surface area contributed by atoms with Crippen LogP contribution in [-0.4, -0.2) is 61.4 Å². The Hall–Kier alpha value is -3.75. The summed E-state index contributed by atoms with van der Waals surface area (Å²) >= 11 is 0. The average molecular weight is 440 g/mol. The van der Waals surface area contributed by atoms with Crippen LogP contribution in [0.2, 0.25) is 0 Å². The number of methoxy groups -OCH3 is 2. The van der Waals surface area contributed by atoms with Crippen LogP contribution in [0.5, 0.6) is 17.2 Å². The minimum Gasteiger partial charge on any atom is -0.504 e. The molecule has 0 aliphatic heterocycles. The van der Waals surface area contributed by atoms with Crippen LogP contribution in [0.25, 0.3) is 10.9 Å². The van der Waals surface area contributed by atoms with Gasteiger partial charge in [-0.3, -0.25) is 4.79 Å². The van der Waals surface area contributed by atoms with Crippen LogP contribution >= 0.6 is 0 Å². The first-order chi connectivity index (χ1) is 15.5. The van der Waals surface area contributed by atoms with Gasteiger partial charge in [0.15, 0.2) is 11.5 Å². The van der Waals surface area contributed by atoms with E-state index >= 15 is 0 Å². The molecule has 0 spiro atoms. The molecule has 0 aliphatic rings. The zero-order valence-electron chi connectivity index (χ0n) is 18.8. The third-order valence-electron chi connectivity index (χ3n) is 5.06. The summed E-state index contributed by atoms with van der Waals surface area (Å²) in [5, 5.41) is 17.1. The summed E-state index contributed by atoms with van der Waals surface area (Å²) in [7, 11) is 2.87. The molecular formula is C23H29N5O4. The summed E-state index contributed by atoms with van der Waals surface area (Å²) in [4.78, 5) is 24.0. The summed E-state index contributed by atoms with van der Waals surface area (Å²) in [6.07, 6.45) is 0. The predicted molar refractivity (Wildman–Crippen MR) is 125 cm³/mol. The summed E-state index contributed by atoms with van der Waals surface area (Å²) in [5.41, 5.74) is 1.13. The summed E-state index contributed by atoms with van der Waals surface area (Å²) in [6, 6.07) is 10.7. The molecular weight excluding hydrogens is 410 g/mol. The van der Waals surface area contributed by atoms with E-state index in [9.17, 15) is 9.90 Å². The van der Waals surface area contributed by atoms with Crippen molar-refractivity contribution in [2.45, 2.75) is 13.8 Å². The van der Waals surface area contributed by atoms with Gasteiger partial charge in [0, 0.05) is 37.1 Å². The SMILES string of the molecule is CCN(CC)c1nc(NCCNC(=O)c2cc(O)c(OC)c(OC)c2)c2ccccc2n1. The third-order valence-corrected chi connectivity index (χ3v) is 5.06. The number of nitrogens with one attached hydrogen (secondary N) is 2. The number of phenolic OH excluding ortho intramolecular Hbond substituents is 1. The highest BCUT2D eigenvalue weighted by Crippen LogP contribution is 2.37. The minimum atomic E-state index is -0.334. The van der Waals surface area contributed by atoms with Gasteiger partial charge >= 0.3 is 0 Å². The Kier molecular flexibility index (Phi) is 7.54. The smallest absolute Gasteiger partial charge is 0.251 e.